The number of aliphatic imine (C=N–C) groups is 1. The van der Waals surface area contributed by atoms with Crippen molar-refractivity contribution in [2.45, 2.75) is 13.8 Å². The van der Waals surface area contributed by atoms with Crippen molar-refractivity contribution in [3.05, 3.63) is 41.2 Å². The van der Waals surface area contributed by atoms with Gasteiger partial charge >= 0.3 is 5.97 Å². The first-order chi connectivity index (χ1) is 8.54. The van der Waals surface area contributed by atoms with Gasteiger partial charge in [-0.05, 0) is 26.0 Å². The molecule has 0 spiro atoms. The predicted molar refractivity (Wildman–Crippen MR) is 69.1 cm³/mol. The molecule has 1 aromatic carbocycles. The zero-order valence-corrected chi connectivity index (χ0v) is 10.6. The number of hydrogen-bond acceptors (Lipinski definition) is 4. The molecule has 0 aliphatic heterocycles. The number of aryl methyl sites for hydroxylation is 1. The first-order valence-electron chi connectivity index (χ1n) is 5.71. The van der Waals surface area contributed by atoms with Crippen LogP contribution in [0.15, 0.2) is 40.6 Å². The molecule has 0 saturated carbocycles. The molecule has 0 radical (unpaired) electrons. The van der Waals surface area contributed by atoms with Gasteiger partial charge in [0.05, 0.1) is 24.4 Å². The molecular weight excluding hydrogens is 230 g/mol. The highest BCUT2D eigenvalue weighted by Crippen LogP contribution is 2.32. The predicted octanol–water partition coefficient (Wildman–Crippen LogP) is 2.70. The van der Waals surface area contributed by atoms with E-state index in [2.05, 4.69) is 9.73 Å². The molecule has 0 heterocycles. The second-order valence-corrected chi connectivity index (χ2v) is 4.31. The van der Waals surface area contributed by atoms with Crippen LogP contribution in [0.25, 0.3) is 0 Å². The Morgan fingerprint density at radius 3 is 2.50 bits per heavy atom. The van der Waals surface area contributed by atoms with Gasteiger partial charge in [0.1, 0.15) is 11.3 Å². The summed E-state index contributed by atoms with van der Waals surface area (Å²) in [5.41, 5.74) is 2.66. The molecule has 4 nitrogen and oxygen atoms in total. The zero-order chi connectivity index (χ0) is 13.3. The zero-order valence-electron chi connectivity index (χ0n) is 10.6. The van der Waals surface area contributed by atoms with Crippen molar-refractivity contribution >= 4 is 17.4 Å². The van der Waals surface area contributed by atoms with E-state index < -0.39 is 5.97 Å². The van der Waals surface area contributed by atoms with E-state index >= 15 is 0 Å². The van der Waals surface area contributed by atoms with Crippen molar-refractivity contribution in [2.24, 2.45) is 10.9 Å². The quantitative estimate of drug-likeness (QED) is 0.815. The monoisotopic (exact) mass is 245 g/mol. The molecule has 1 aliphatic rings. The number of rotatable bonds is 2. The number of methoxy groups -OCH3 is 1. The van der Waals surface area contributed by atoms with Crippen LogP contribution in [0.2, 0.25) is 0 Å². The van der Waals surface area contributed by atoms with Gasteiger partial charge in [-0.1, -0.05) is 17.7 Å². The van der Waals surface area contributed by atoms with Gasteiger partial charge < -0.3 is 9.84 Å². The van der Waals surface area contributed by atoms with E-state index in [9.17, 15) is 9.90 Å². The van der Waals surface area contributed by atoms with Crippen molar-refractivity contribution in [3.8, 4) is 0 Å². The second-order valence-electron chi connectivity index (χ2n) is 4.31. The first kappa shape index (κ1) is 12.4. The average molecular weight is 245 g/mol. The van der Waals surface area contributed by atoms with Crippen molar-refractivity contribution in [3.63, 3.8) is 0 Å². The lowest BCUT2D eigenvalue weighted by Crippen LogP contribution is -2.34. The smallest absolute Gasteiger partial charge is 0.343 e. The Kier molecular flexibility index (Phi) is 3.19. The van der Waals surface area contributed by atoms with Crippen molar-refractivity contribution in [1.82, 2.24) is 0 Å². The molecule has 0 bridgehead atoms. The van der Waals surface area contributed by atoms with Gasteiger partial charge in [-0.15, -0.1) is 0 Å². The average Bonchev–Trinajstić information content (AvgIpc) is 2.39. The molecule has 18 heavy (non-hydrogen) atoms. The molecule has 1 atom stereocenters. The maximum absolute atomic E-state index is 11.5. The third-order valence-electron chi connectivity index (χ3n) is 3.01. The van der Waals surface area contributed by atoms with Crippen molar-refractivity contribution in [1.29, 1.82) is 0 Å². The Hall–Kier alpha value is -2.10. The minimum atomic E-state index is -0.545. The fourth-order valence-electron chi connectivity index (χ4n) is 1.84. The van der Waals surface area contributed by atoms with E-state index in [1.807, 2.05) is 31.2 Å². The highest BCUT2D eigenvalue weighted by molar-refractivity contribution is 6.27. The summed E-state index contributed by atoms with van der Waals surface area (Å²) in [6.07, 6.45) is 0. The van der Waals surface area contributed by atoms with Crippen LogP contribution in [0.3, 0.4) is 0 Å². The van der Waals surface area contributed by atoms with E-state index in [-0.39, 0.29) is 17.3 Å². The van der Waals surface area contributed by atoms with Gasteiger partial charge in [0.2, 0.25) is 0 Å². The molecule has 4 heteroatoms. The number of aliphatic hydroxyl groups is 1. The number of benzene rings is 1. The van der Waals surface area contributed by atoms with Crippen LogP contribution in [-0.2, 0) is 9.53 Å². The minimum absolute atomic E-state index is 0.0488. The molecule has 1 N–H and O–H groups in total. The minimum Gasteiger partial charge on any atom is -0.511 e. The third kappa shape index (κ3) is 2.01. The third-order valence-corrected chi connectivity index (χ3v) is 3.01. The Balaban J connectivity index is 2.34. The number of aliphatic hydroxyl groups excluding tert-OH is 1. The molecule has 0 saturated heterocycles. The van der Waals surface area contributed by atoms with E-state index in [0.29, 0.717) is 5.71 Å². The van der Waals surface area contributed by atoms with Gasteiger partial charge in [-0.2, -0.15) is 0 Å². The van der Waals surface area contributed by atoms with Gasteiger partial charge in [-0.25, -0.2) is 4.79 Å². The maximum atomic E-state index is 11.5. The number of ether oxygens (including phenoxy) is 1. The van der Waals surface area contributed by atoms with Crippen LogP contribution in [0.4, 0.5) is 5.69 Å². The van der Waals surface area contributed by atoms with Gasteiger partial charge in [0.25, 0.3) is 0 Å². The SMILES string of the molecule is COC(=O)C1=C(O)C(C)C1=Nc1ccc(C)cc1. The summed E-state index contributed by atoms with van der Waals surface area (Å²) in [6, 6.07) is 7.65. The number of carbonyl (C=O) groups excluding carboxylic acids is 1. The van der Waals surface area contributed by atoms with Gasteiger partial charge in [-0.3, -0.25) is 4.99 Å². The summed E-state index contributed by atoms with van der Waals surface area (Å²) in [7, 11) is 1.29. The highest BCUT2D eigenvalue weighted by atomic mass is 16.5. The summed E-state index contributed by atoms with van der Waals surface area (Å²) in [5.74, 6) is -0.718. The summed E-state index contributed by atoms with van der Waals surface area (Å²) in [4.78, 5) is 15.9. The van der Waals surface area contributed by atoms with Crippen LogP contribution in [0, 0.1) is 12.8 Å². The van der Waals surface area contributed by atoms with Gasteiger partial charge in [0, 0.05) is 0 Å². The molecule has 0 fully saturated rings. The summed E-state index contributed by atoms with van der Waals surface area (Å²) >= 11 is 0. The Morgan fingerprint density at radius 1 is 1.33 bits per heavy atom. The second kappa shape index (κ2) is 4.64. The summed E-state index contributed by atoms with van der Waals surface area (Å²) in [5, 5.41) is 9.67. The van der Waals surface area contributed by atoms with Crippen molar-refractivity contribution in [2.75, 3.05) is 7.11 Å². The number of nitrogens with zero attached hydrogens (tertiary/aromatic N) is 1. The van der Waals surface area contributed by atoms with Crippen LogP contribution < -0.4 is 0 Å². The normalized spacial score (nSPS) is 20.8. The number of carbonyl (C=O) groups is 1. The lowest BCUT2D eigenvalue weighted by Gasteiger charge is -2.26. The fourth-order valence-corrected chi connectivity index (χ4v) is 1.84. The summed E-state index contributed by atoms with van der Waals surface area (Å²) < 4.78 is 4.62. The molecule has 2 rings (SSSR count). The molecule has 1 unspecified atom stereocenters. The highest BCUT2D eigenvalue weighted by Gasteiger charge is 2.38. The standard InChI is InChI=1S/C14H15NO3/c1-8-4-6-10(7-5-8)15-12-9(2)13(16)11(12)14(17)18-3/h4-7,9,16H,1-3H3. The van der Waals surface area contributed by atoms with Crippen LogP contribution in [0.5, 0.6) is 0 Å². The Labute approximate surface area is 106 Å². The molecule has 94 valence electrons. The van der Waals surface area contributed by atoms with Crippen LogP contribution >= 0.6 is 0 Å². The van der Waals surface area contributed by atoms with E-state index in [1.165, 1.54) is 7.11 Å². The van der Waals surface area contributed by atoms with Crippen molar-refractivity contribution < 1.29 is 14.6 Å². The Morgan fingerprint density at radius 2 is 1.94 bits per heavy atom. The number of esters is 1. The van der Waals surface area contributed by atoms with E-state index in [1.54, 1.807) is 6.92 Å². The fraction of sp³-hybridized carbons (Fsp3) is 0.286. The molecule has 1 aromatic rings. The topological polar surface area (TPSA) is 58.9 Å². The Bertz CT molecular complexity index is 541. The summed E-state index contributed by atoms with van der Waals surface area (Å²) in [6.45, 7) is 3.79. The lowest BCUT2D eigenvalue weighted by atomic mass is 9.82. The lowest BCUT2D eigenvalue weighted by molar-refractivity contribution is -0.136. The molecule has 0 amide bonds. The molecule has 1 aliphatic carbocycles. The van der Waals surface area contributed by atoms with Crippen LogP contribution in [-0.4, -0.2) is 23.9 Å². The molecular formula is C14H15NO3. The van der Waals surface area contributed by atoms with Gasteiger partial charge in [0.15, 0.2) is 0 Å². The van der Waals surface area contributed by atoms with E-state index in [0.717, 1.165) is 11.3 Å². The van der Waals surface area contributed by atoms with Crippen LogP contribution in [0.1, 0.15) is 12.5 Å². The molecule has 0 aromatic heterocycles. The first-order valence-corrected chi connectivity index (χ1v) is 5.71. The number of hydrogen-bond donors (Lipinski definition) is 1. The number of allylic oxidation sites excluding steroid dienone is 1. The largest absolute Gasteiger partial charge is 0.511 e. The maximum Gasteiger partial charge on any atom is 0.343 e. The van der Waals surface area contributed by atoms with E-state index in [4.69, 9.17) is 0 Å².